The largest absolute Gasteiger partial charge is 0.494 e. The van der Waals surface area contributed by atoms with Gasteiger partial charge in [0.2, 0.25) is 10.0 Å². The number of amides is 1. The molecule has 0 fully saturated rings. The molecule has 0 aliphatic heterocycles. The fourth-order valence-electron chi connectivity index (χ4n) is 2.72. The summed E-state index contributed by atoms with van der Waals surface area (Å²) in [5.74, 6) is 0.791. The van der Waals surface area contributed by atoms with Crippen molar-refractivity contribution < 1.29 is 22.7 Å². The van der Waals surface area contributed by atoms with E-state index in [-0.39, 0.29) is 24.0 Å². The maximum absolute atomic E-state index is 12.4. The Hall–Kier alpha value is -3.36. The number of anilines is 1. The van der Waals surface area contributed by atoms with Crippen LogP contribution in [0.25, 0.3) is 0 Å². The van der Waals surface area contributed by atoms with Crippen LogP contribution in [0.3, 0.4) is 0 Å². The maximum atomic E-state index is 12.4. The third kappa shape index (κ3) is 6.84. The Balaban J connectivity index is 1.49. The number of ether oxygens (including phenoxy) is 2. The predicted octanol–water partition coefficient (Wildman–Crippen LogP) is 3.58. The second kappa shape index (κ2) is 10.6. The van der Waals surface area contributed by atoms with Gasteiger partial charge in [0.15, 0.2) is 6.61 Å². The Morgan fingerprint density at radius 1 is 0.839 bits per heavy atom. The minimum atomic E-state index is -3.65. The number of benzene rings is 3. The van der Waals surface area contributed by atoms with Gasteiger partial charge in [-0.05, 0) is 61.0 Å². The van der Waals surface area contributed by atoms with E-state index in [4.69, 9.17) is 9.47 Å². The van der Waals surface area contributed by atoms with Crippen LogP contribution >= 0.6 is 0 Å². The summed E-state index contributed by atoms with van der Waals surface area (Å²) < 4.78 is 38.2. The number of hydrogen-bond donors (Lipinski definition) is 2. The highest BCUT2D eigenvalue weighted by Gasteiger charge is 2.14. The number of nitrogens with one attached hydrogen (secondary N) is 2. The van der Waals surface area contributed by atoms with Crippen molar-refractivity contribution >= 4 is 21.6 Å². The molecule has 0 heterocycles. The van der Waals surface area contributed by atoms with Crippen molar-refractivity contribution in [3.63, 3.8) is 0 Å². The van der Waals surface area contributed by atoms with Crippen LogP contribution in [0, 0.1) is 0 Å². The third-order valence-electron chi connectivity index (χ3n) is 4.26. The highest BCUT2D eigenvalue weighted by molar-refractivity contribution is 7.89. The second-order valence-electron chi connectivity index (χ2n) is 6.58. The van der Waals surface area contributed by atoms with E-state index in [2.05, 4.69) is 10.0 Å². The first kappa shape index (κ1) is 22.3. The lowest BCUT2D eigenvalue weighted by Crippen LogP contribution is -2.23. The molecule has 0 saturated heterocycles. The van der Waals surface area contributed by atoms with Crippen molar-refractivity contribution in [1.82, 2.24) is 4.72 Å². The standard InChI is InChI=1S/C23H24N2O5S/c1-2-29-20-10-8-19(9-11-20)25-23(26)17-30-21-12-14-22(15-13-21)31(27,28)24-16-18-6-4-3-5-7-18/h3-15,24H,2,16-17H2,1H3,(H,25,26). The minimum absolute atomic E-state index is 0.120. The lowest BCUT2D eigenvalue weighted by molar-refractivity contribution is -0.118. The van der Waals surface area contributed by atoms with E-state index in [1.165, 1.54) is 24.3 Å². The first-order valence-electron chi connectivity index (χ1n) is 9.75. The average Bonchev–Trinajstić information content (AvgIpc) is 2.79. The zero-order valence-corrected chi connectivity index (χ0v) is 17.9. The van der Waals surface area contributed by atoms with Gasteiger partial charge in [0.1, 0.15) is 11.5 Å². The van der Waals surface area contributed by atoms with Gasteiger partial charge in [0.05, 0.1) is 11.5 Å². The maximum Gasteiger partial charge on any atom is 0.262 e. The number of rotatable bonds is 10. The van der Waals surface area contributed by atoms with Crippen LogP contribution in [0.1, 0.15) is 12.5 Å². The van der Waals surface area contributed by atoms with Gasteiger partial charge in [-0.25, -0.2) is 13.1 Å². The number of sulfonamides is 1. The Kier molecular flexibility index (Phi) is 7.64. The monoisotopic (exact) mass is 440 g/mol. The highest BCUT2D eigenvalue weighted by atomic mass is 32.2. The van der Waals surface area contributed by atoms with Crippen LogP contribution in [0.2, 0.25) is 0 Å². The summed E-state index contributed by atoms with van der Waals surface area (Å²) >= 11 is 0. The van der Waals surface area contributed by atoms with Crippen LogP contribution in [0.15, 0.2) is 83.8 Å². The summed E-state index contributed by atoms with van der Waals surface area (Å²) in [7, 11) is -3.65. The van der Waals surface area contributed by atoms with Crippen molar-refractivity contribution in [3.8, 4) is 11.5 Å². The summed E-state index contributed by atoms with van der Waals surface area (Å²) in [5, 5.41) is 2.72. The summed E-state index contributed by atoms with van der Waals surface area (Å²) in [6.07, 6.45) is 0. The second-order valence-corrected chi connectivity index (χ2v) is 8.34. The lowest BCUT2D eigenvalue weighted by Gasteiger charge is -2.10. The van der Waals surface area contributed by atoms with Gasteiger partial charge in [-0.15, -0.1) is 0 Å². The van der Waals surface area contributed by atoms with E-state index in [9.17, 15) is 13.2 Å². The molecule has 0 spiro atoms. The van der Waals surface area contributed by atoms with Crippen molar-refractivity contribution in [1.29, 1.82) is 0 Å². The normalized spacial score (nSPS) is 11.0. The Morgan fingerprint density at radius 2 is 1.45 bits per heavy atom. The molecular weight excluding hydrogens is 416 g/mol. The van der Waals surface area contributed by atoms with E-state index in [0.717, 1.165) is 11.3 Å². The molecule has 0 radical (unpaired) electrons. The van der Waals surface area contributed by atoms with Gasteiger partial charge < -0.3 is 14.8 Å². The van der Waals surface area contributed by atoms with Crippen molar-refractivity contribution in [2.24, 2.45) is 0 Å². The Morgan fingerprint density at radius 3 is 2.10 bits per heavy atom. The first-order valence-corrected chi connectivity index (χ1v) is 11.2. The fourth-order valence-corrected chi connectivity index (χ4v) is 3.74. The lowest BCUT2D eigenvalue weighted by atomic mass is 10.2. The molecule has 0 aliphatic carbocycles. The van der Waals surface area contributed by atoms with E-state index >= 15 is 0 Å². The van der Waals surface area contributed by atoms with Crippen LogP contribution in [0.4, 0.5) is 5.69 Å². The number of hydrogen-bond acceptors (Lipinski definition) is 5. The molecule has 1 amide bonds. The molecule has 0 unspecified atom stereocenters. The molecule has 3 aromatic rings. The van der Waals surface area contributed by atoms with Gasteiger partial charge in [-0.3, -0.25) is 4.79 Å². The molecular formula is C23H24N2O5S. The van der Waals surface area contributed by atoms with E-state index in [1.807, 2.05) is 37.3 Å². The van der Waals surface area contributed by atoms with Gasteiger partial charge >= 0.3 is 0 Å². The molecule has 3 rings (SSSR count). The topological polar surface area (TPSA) is 93.7 Å². The van der Waals surface area contributed by atoms with Crippen molar-refractivity contribution in [2.75, 3.05) is 18.5 Å². The third-order valence-corrected chi connectivity index (χ3v) is 5.68. The SMILES string of the molecule is CCOc1ccc(NC(=O)COc2ccc(S(=O)(=O)NCc3ccccc3)cc2)cc1. The molecule has 7 nitrogen and oxygen atoms in total. The van der Waals surface area contributed by atoms with Crippen LogP contribution < -0.4 is 19.5 Å². The summed E-state index contributed by atoms with van der Waals surface area (Å²) in [6, 6.07) is 22.2. The zero-order chi connectivity index (χ0) is 22.1. The van der Waals surface area contributed by atoms with Crippen LogP contribution in [-0.4, -0.2) is 27.5 Å². The molecule has 0 aromatic heterocycles. The Bertz CT molecular complexity index is 1080. The molecule has 0 aliphatic rings. The molecule has 31 heavy (non-hydrogen) atoms. The minimum Gasteiger partial charge on any atom is -0.494 e. The molecule has 3 aromatic carbocycles. The zero-order valence-electron chi connectivity index (χ0n) is 17.1. The van der Waals surface area contributed by atoms with Crippen LogP contribution in [-0.2, 0) is 21.4 Å². The quantitative estimate of drug-likeness (QED) is 0.503. The van der Waals surface area contributed by atoms with Gasteiger partial charge in [0.25, 0.3) is 5.91 Å². The summed E-state index contributed by atoms with van der Waals surface area (Å²) in [5.41, 5.74) is 1.49. The average molecular weight is 441 g/mol. The van der Waals surface area contributed by atoms with E-state index in [1.54, 1.807) is 24.3 Å². The van der Waals surface area contributed by atoms with Gasteiger partial charge in [-0.1, -0.05) is 30.3 Å². The Labute approximate surface area is 182 Å². The summed E-state index contributed by atoms with van der Waals surface area (Å²) in [4.78, 5) is 12.2. The molecule has 0 bridgehead atoms. The van der Waals surface area contributed by atoms with E-state index < -0.39 is 10.0 Å². The van der Waals surface area contributed by atoms with Gasteiger partial charge in [0, 0.05) is 12.2 Å². The molecule has 8 heteroatoms. The number of carbonyl (C=O) groups excluding carboxylic acids is 1. The first-order chi connectivity index (χ1) is 15.0. The summed E-state index contributed by atoms with van der Waals surface area (Å²) in [6.45, 7) is 2.47. The van der Waals surface area contributed by atoms with Crippen molar-refractivity contribution in [2.45, 2.75) is 18.4 Å². The highest BCUT2D eigenvalue weighted by Crippen LogP contribution is 2.18. The van der Waals surface area contributed by atoms with Crippen molar-refractivity contribution in [3.05, 3.63) is 84.4 Å². The molecule has 2 N–H and O–H groups in total. The predicted molar refractivity (Wildman–Crippen MR) is 119 cm³/mol. The molecule has 162 valence electrons. The molecule has 0 atom stereocenters. The molecule has 0 saturated carbocycles. The fraction of sp³-hybridized carbons (Fsp3) is 0.174. The van der Waals surface area contributed by atoms with Gasteiger partial charge in [-0.2, -0.15) is 0 Å². The number of carbonyl (C=O) groups is 1. The van der Waals surface area contributed by atoms with E-state index in [0.29, 0.717) is 18.0 Å². The van der Waals surface area contributed by atoms with Crippen LogP contribution in [0.5, 0.6) is 11.5 Å². The smallest absolute Gasteiger partial charge is 0.262 e.